The Kier molecular flexibility index (Phi) is 7.06. The van der Waals surface area contributed by atoms with Gasteiger partial charge in [-0.25, -0.2) is 4.39 Å². The average Bonchev–Trinajstić information content (AvgIpc) is 2.36. The molecule has 18 heavy (non-hydrogen) atoms. The topological polar surface area (TPSA) is 12.0 Å². The normalized spacial score (nSPS) is 12.4. The maximum atomic E-state index is 13.1. The fraction of sp³-hybridized carbons (Fsp3) is 0.467. The first-order chi connectivity index (χ1) is 8.65. The van der Waals surface area contributed by atoms with Crippen LogP contribution in [0.15, 0.2) is 41.3 Å². The number of benzene rings is 1. The van der Waals surface area contributed by atoms with Crippen LogP contribution in [0.5, 0.6) is 0 Å². The quantitative estimate of drug-likeness (QED) is 0.558. The van der Waals surface area contributed by atoms with E-state index in [2.05, 4.69) is 25.7 Å². The summed E-state index contributed by atoms with van der Waals surface area (Å²) in [5.41, 5.74) is 1.26. The molecular formula is C15H22FNS. The van der Waals surface area contributed by atoms with E-state index >= 15 is 0 Å². The smallest absolute Gasteiger partial charge is 0.124 e. The number of nitrogens with one attached hydrogen (secondary N) is 1. The molecule has 1 N–H and O–H groups in total. The molecule has 0 radical (unpaired) electrons. The van der Waals surface area contributed by atoms with E-state index in [0.29, 0.717) is 6.04 Å². The third kappa shape index (κ3) is 5.69. The van der Waals surface area contributed by atoms with Crippen LogP contribution in [-0.4, -0.2) is 18.3 Å². The van der Waals surface area contributed by atoms with Gasteiger partial charge in [0.15, 0.2) is 0 Å². The van der Waals surface area contributed by atoms with Crippen LogP contribution in [-0.2, 0) is 0 Å². The van der Waals surface area contributed by atoms with Crippen LogP contribution in [0.1, 0.15) is 26.7 Å². The number of hydrogen-bond donors (Lipinski definition) is 1. The van der Waals surface area contributed by atoms with E-state index < -0.39 is 0 Å². The second kappa shape index (κ2) is 8.33. The molecule has 0 fully saturated rings. The summed E-state index contributed by atoms with van der Waals surface area (Å²) in [6.45, 7) is 9.24. The van der Waals surface area contributed by atoms with Gasteiger partial charge in [0.25, 0.3) is 0 Å². The zero-order valence-electron chi connectivity index (χ0n) is 11.2. The van der Waals surface area contributed by atoms with Gasteiger partial charge in [-0.3, -0.25) is 0 Å². The first-order valence-corrected chi connectivity index (χ1v) is 7.42. The highest BCUT2D eigenvalue weighted by atomic mass is 32.2. The Morgan fingerprint density at radius 1 is 1.44 bits per heavy atom. The van der Waals surface area contributed by atoms with Crippen molar-refractivity contribution in [2.75, 3.05) is 12.3 Å². The molecule has 0 aliphatic rings. The van der Waals surface area contributed by atoms with E-state index in [1.165, 1.54) is 11.6 Å². The monoisotopic (exact) mass is 267 g/mol. The Morgan fingerprint density at radius 2 is 2.22 bits per heavy atom. The molecule has 0 heterocycles. The van der Waals surface area contributed by atoms with Gasteiger partial charge in [-0.05, 0) is 37.6 Å². The van der Waals surface area contributed by atoms with Gasteiger partial charge in [-0.1, -0.05) is 32.1 Å². The van der Waals surface area contributed by atoms with E-state index in [1.54, 1.807) is 23.9 Å². The molecule has 0 aromatic heterocycles. The summed E-state index contributed by atoms with van der Waals surface area (Å²) in [6, 6.07) is 7.18. The summed E-state index contributed by atoms with van der Waals surface area (Å²) in [4.78, 5) is 0.986. The highest BCUT2D eigenvalue weighted by Crippen LogP contribution is 2.21. The second-order valence-electron chi connectivity index (χ2n) is 4.33. The highest BCUT2D eigenvalue weighted by molar-refractivity contribution is 7.99. The molecule has 0 aliphatic heterocycles. The van der Waals surface area contributed by atoms with Crippen LogP contribution in [0.2, 0.25) is 0 Å². The molecule has 0 spiro atoms. The van der Waals surface area contributed by atoms with Crippen molar-refractivity contribution < 1.29 is 4.39 Å². The molecule has 1 aromatic rings. The van der Waals surface area contributed by atoms with Crippen molar-refractivity contribution in [3.05, 3.63) is 42.2 Å². The van der Waals surface area contributed by atoms with Crippen molar-refractivity contribution in [3.8, 4) is 0 Å². The van der Waals surface area contributed by atoms with Gasteiger partial charge in [-0.15, -0.1) is 11.8 Å². The van der Waals surface area contributed by atoms with Gasteiger partial charge in [0.1, 0.15) is 5.82 Å². The lowest BCUT2D eigenvalue weighted by Gasteiger charge is -2.18. The maximum absolute atomic E-state index is 13.1. The van der Waals surface area contributed by atoms with Crippen LogP contribution in [0.4, 0.5) is 4.39 Å². The van der Waals surface area contributed by atoms with E-state index in [0.717, 1.165) is 30.0 Å². The van der Waals surface area contributed by atoms with Crippen molar-refractivity contribution in [3.63, 3.8) is 0 Å². The second-order valence-corrected chi connectivity index (χ2v) is 5.42. The van der Waals surface area contributed by atoms with Crippen LogP contribution >= 0.6 is 11.8 Å². The molecule has 1 unspecified atom stereocenters. The van der Waals surface area contributed by atoms with E-state index in [9.17, 15) is 4.39 Å². The van der Waals surface area contributed by atoms with Crippen LogP contribution in [0.25, 0.3) is 0 Å². The van der Waals surface area contributed by atoms with Crippen molar-refractivity contribution in [2.45, 2.75) is 37.6 Å². The lowest BCUT2D eigenvalue weighted by atomic mass is 10.1. The van der Waals surface area contributed by atoms with Gasteiger partial charge >= 0.3 is 0 Å². The van der Waals surface area contributed by atoms with E-state index in [1.807, 2.05) is 6.07 Å². The Hall–Kier alpha value is -0.800. The zero-order chi connectivity index (χ0) is 13.4. The molecule has 100 valence electrons. The zero-order valence-corrected chi connectivity index (χ0v) is 12.0. The van der Waals surface area contributed by atoms with Gasteiger partial charge in [-0.2, -0.15) is 0 Å². The number of rotatable bonds is 8. The molecule has 1 nitrogen and oxygen atoms in total. The third-order valence-corrected chi connectivity index (χ3v) is 3.93. The SMILES string of the molecule is C=C(CC)CC(CSc1cccc(F)c1)NCC. The molecule has 1 rings (SSSR count). The summed E-state index contributed by atoms with van der Waals surface area (Å²) in [5, 5.41) is 3.46. The largest absolute Gasteiger partial charge is 0.313 e. The fourth-order valence-electron chi connectivity index (χ4n) is 1.73. The minimum atomic E-state index is -0.169. The molecule has 0 saturated carbocycles. The summed E-state index contributed by atoms with van der Waals surface area (Å²) in [6.07, 6.45) is 2.01. The molecule has 0 saturated heterocycles. The minimum Gasteiger partial charge on any atom is -0.313 e. The number of hydrogen-bond acceptors (Lipinski definition) is 2. The third-order valence-electron chi connectivity index (χ3n) is 2.78. The molecule has 0 amide bonds. The van der Waals surface area contributed by atoms with Gasteiger partial charge in [0, 0.05) is 16.7 Å². The lowest BCUT2D eigenvalue weighted by molar-refractivity contribution is 0.565. The first kappa shape index (κ1) is 15.3. The minimum absolute atomic E-state index is 0.169. The predicted molar refractivity (Wildman–Crippen MR) is 78.6 cm³/mol. The van der Waals surface area contributed by atoms with Crippen molar-refractivity contribution in [1.82, 2.24) is 5.32 Å². The van der Waals surface area contributed by atoms with Crippen LogP contribution in [0, 0.1) is 5.82 Å². The predicted octanol–water partition coefficient (Wildman–Crippen LogP) is 4.25. The van der Waals surface area contributed by atoms with E-state index in [4.69, 9.17) is 0 Å². The van der Waals surface area contributed by atoms with Crippen LogP contribution < -0.4 is 5.32 Å². The van der Waals surface area contributed by atoms with E-state index in [-0.39, 0.29) is 5.82 Å². The number of halogens is 1. The lowest BCUT2D eigenvalue weighted by Crippen LogP contribution is -2.31. The summed E-state index contributed by atoms with van der Waals surface area (Å²) in [7, 11) is 0. The Bertz CT molecular complexity index is 379. The molecule has 0 aliphatic carbocycles. The Morgan fingerprint density at radius 3 is 2.83 bits per heavy atom. The van der Waals surface area contributed by atoms with Crippen molar-refractivity contribution in [1.29, 1.82) is 0 Å². The Balaban J connectivity index is 2.48. The maximum Gasteiger partial charge on any atom is 0.124 e. The number of thioether (sulfide) groups is 1. The van der Waals surface area contributed by atoms with Crippen LogP contribution in [0.3, 0.4) is 0 Å². The molecule has 3 heteroatoms. The Labute approximate surface area is 114 Å². The van der Waals surface area contributed by atoms with Crippen molar-refractivity contribution >= 4 is 11.8 Å². The standard InChI is InChI=1S/C15H22FNS/c1-4-12(3)9-14(17-5-2)11-18-15-8-6-7-13(16)10-15/h6-8,10,14,17H,3-5,9,11H2,1-2H3. The van der Waals surface area contributed by atoms with Crippen molar-refractivity contribution in [2.24, 2.45) is 0 Å². The fourth-order valence-corrected chi connectivity index (χ4v) is 2.73. The first-order valence-electron chi connectivity index (χ1n) is 6.44. The molecular weight excluding hydrogens is 245 g/mol. The summed E-state index contributed by atoms with van der Waals surface area (Å²) in [5.74, 6) is 0.772. The van der Waals surface area contributed by atoms with Gasteiger partial charge in [0.05, 0.1) is 0 Å². The average molecular weight is 267 g/mol. The van der Waals surface area contributed by atoms with Gasteiger partial charge in [0.2, 0.25) is 0 Å². The molecule has 1 aromatic carbocycles. The summed E-state index contributed by atoms with van der Waals surface area (Å²) >= 11 is 1.69. The highest BCUT2D eigenvalue weighted by Gasteiger charge is 2.09. The summed E-state index contributed by atoms with van der Waals surface area (Å²) < 4.78 is 13.1. The molecule has 0 bridgehead atoms. The van der Waals surface area contributed by atoms with Gasteiger partial charge < -0.3 is 5.32 Å². The molecule has 1 atom stereocenters.